The summed E-state index contributed by atoms with van der Waals surface area (Å²) in [5.74, 6) is 0.501. The van der Waals surface area contributed by atoms with Gasteiger partial charge in [0.15, 0.2) is 4.34 Å². The molecule has 0 radical (unpaired) electrons. The summed E-state index contributed by atoms with van der Waals surface area (Å²) in [5.41, 5.74) is 3.11. The Balaban J connectivity index is 1.48. The number of nitrogens with zero attached hydrogens (tertiary/aromatic N) is 1. The number of benzene rings is 3. The number of anilines is 1. The number of thioether (sulfide) groups is 1. The fourth-order valence-corrected chi connectivity index (χ4v) is 5.25. The van der Waals surface area contributed by atoms with Crippen LogP contribution in [0, 0.1) is 0 Å². The van der Waals surface area contributed by atoms with Crippen LogP contribution in [0.25, 0.3) is 10.2 Å². The Morgan fingerprint density at radius 3 is 2.59 bits per heavy atom. The van der Waals surface area contributed by atoms with E-state index < -0.39 is 0 Å². The van der Waals surface area contributed by atoms with E-state index in [0.29, 0.717) is 26.3 Å². The smallest absolute Gasteiger partial charge is 0.257 e. The molecule has 0 aliphatic carbocycles. The summed E-state index contributed by atoms with van der Waals surface area (Å²) in [6.45, 7) is 0. The van der Waals surface area contributed by atoms with Crippen molar-refractivity contribution in [1.29, 1.82) is 0 Å². The Morgan fingerprint density at radius 2 is 1.79 bits per heavy atom. The number of amides is 1. The number of fused-ring (bicyclic) bond motifs is 1. The zero-order chi connectivity index (χ0) is 20.4. The van der Waals surface area contributed by atoms with Crippen molar-refractivity contribution >= 4 is 79.7 Å². The molecular formula is C21H13Cl3N2OS2. The summed E-state index contributed by atoms with van der Waals surface area (Å²) in [7, 11) is 0. The van der Waals surface area contributed by atoms with Crippen molar-refractivity contribution in [2.45, 2.75) is 10.1 Å². The van der Waals surface area contributed by atoms with Crippen LogP contribution in [-0.4, -0.2) is 10.9 Å². The predicted molar refractivity (Wildman–Crippen MR) is 125 cm³/mol. The fraction of sp³-hybridized carbons (Fsp3) is 0.0476. The number of carbonyl (C=O) groups excluding carboxylic acids is 1. The van der Waals surface area contributed by atoms with E-state index in [-0.39, 0.29) is 5.91 Å². The van der Waals surface area contributed by atoms with Gasteiger partial charge < -0.3 is 5.32 Å². The molecule has 3 nitrogen and oxygen atoms in total. The van der Waals surface area contributed by atoms with Gasteiger partial charge in [-0.3, -0.25) is 4.79 Å². The maximum absolute atomic E-state index is 12.5. The van der Waals surface area contributed by atoms with Gasteiger partial charge in [-0.25, -0.2) is 4.98 Å². The largest absolute Gasteiger partial charge is 0.322 e. The number of hydrogen-bond donors (Lipinski definition) is 1. The van der Waals surface area contributed by atoms with Crippen LogP contribution >= 0.6 is 57.9 Å². The molecule has 0 aliphatic rings. The van der Waals surface area contributed by atoms with Gasteiger partial charge in [-0.1, -0.05) is 64.8 Å². The molecule has 3 aromatic carbocycles. The molecule has 0 atom stereocenters. The normalized spacial score (nSPS) is 11.0. The third kappa shape index (κ3) is 4.87. The van der Waals surface area contributed by atoms with Gasteiger partial charge in [0, 0.05) is 11.4 Å². The molecule has 0 spiro atoms. The van der Waals surface area contributed by atoms with E-state index in [2.05, 4.69) is 10.3 Å². The Labute approximate surface area is 191 Å². The van der Waals surface area contributed by atoms with Crippen LogP contribution in [0.15, 0.2) is 65.0 Å². The molecule has 4 aromatic rings. The zero-order valence-corrected chi connectivity index (χ0v) is 18.7. The van der Waals surface area contributed by atoms with Gasteiger partial charge in [0.25, 0.3) is 5.91 Å². The molecule has 4 rings (SSSR count). The first kappa shape index (κ1) is 20.5. The molecule has 8 heteroatoms. The first-order chi connectivity index (χ1) is 14.0. The van der Waals surface area contributed by atoms with Crippen molar-refractivity contribution < 1.29 is 4.79 Å². The van der Waals surface area contributed by atoms with E-state index in [9.17, 15) is 4.79 Å². The highest BCUT2D eigenvalue weighted by atomic mass is 35.5. The molecular weight excluding hydrogens is 467 g/mol. The highest BCUT2D eigenvalue weighted by Crippen LogP contribution is 2.34. The second-order valence-corrected chi connectivity index (χ2v) is 9.61. The average molecular weight is 480 g/mol. The summed E-state index contributed by atoms with van der Waals surface area (Å²) in [6.07, 6.45) is 0. The Bertz CT molecular complexity index is 1210. The molecule has 146 valence electrons. The van der Waals surface area contributed by atoms with E-state index in [0.717, 1.165) is 25.9 Å². The number of nitrogens with one attached hydrogen (secondary N) is 1. The lowest BCUT2D eigenvalue weighted by atomic mass is 10.2. The minimum absolute atomic E-state index is 0.242. The number of halogens is 3. The topological polar surface area (TPSA) is 42.0 Å². The molecule has 0 unspecified atom stereocenters. The standard InChI is InChI=1S/C21H13Cl3N2OS2/c22-15-4-2-1-3-14(15)20(27)25-13-6-8-18-19(10-13)29-21(26-18)28-11-12-5-7-16(23)17(24)9-12/h1-10H,11H2,(H,25,27). The average Bonchev–Trinajstić information content (AvgIpc) is 3.11. The number of hydrogen-bond acceptors (Lipinski definition) is 4. The molecule has 0 saturated heterocycles. The SMILES string of the molecule is O=C(Nc1ccc2nc(SCc3ccc(Cl)c(Cl)c3)sc2c1)c1ccccc1Cl. The summed E-state index contributed by atoms with van der Waals surface area (Å²) in [4.78, 5) is 17.1. The Morgan fingerprint density at radius 1 is 0.966 bits per heavy atom. The van der Waals surface area contributed by atoms with Crippen LogP contribution in [0.3, 0.4) is 0 Å². The van der Waals surface area contributed by atoms with Crippen molar-refractivity contribution in [3.05, 3.63) is 86.9 Å². The third-order valence-electron chi connectivity index (χ3n) is 4.09. The molecule has 0 saturated carbocycles. The number of rotatable bonds is 5. The molecule has 1 aromatic heterocycles. The monoisotopic (exact) mass is 478 g/mol. The lowest BCUT2D eigenvalue weighted by Crippen LogP contribution is -2.12. The highest BCUT2D eigenvalue weighted by molar-refractivity contribution is 8.00. The highest BCUT2D eigenvalue weighted by Gasteiger charge is 2.11. The number of aromatic nitrogens is 1. The number of thiazole rings is 1. The molecule has 0 aliphatic heterocycles. The Hall–Kier alpha value is -1.76. The van der Waals surface area contributed by atoms with E-state index >= 15 is 0 Å². The van der Waals surface area contributed by atoms with E-state index in [1.54, 1.807) is 53.4 Å². The van der Waals surface area contributed by atoms with Gasteiger partial charge in [-0.2, -0.15) is 0 Å². The molecule has 1 N–H and O–H groups in total. The molecule has 1 amide bonds. The summed E-state index contributed by atoms with van der Waals surface area (Å²) >= 11 is 21.4. The quantitative estimate of drug-likeness (QED) is 0.297. The van der Waals surface area contributed by atoms with E-state index in [1.165, 1.54) is 0 Å². The van der Waals surface area contributed by atoms with Gasteiger partial charge >= 0.3 is 0 Å². The summed E-state index contributed by atoms with van der Waals surface area (Å²) < 4.78 is 1.94. The molecule has 1 heterocycles. The van der Waals surface area contributed by atoms with Gasteiger partial charge in [0.1, 0.15) is 0 Å². The van der Waals surface area contributed by atoms with Crippen LogP contribution in [0.4, 0.5) is 5.69 Å². The second-order valence-electron chi connectivity index (χ2n) is 6.13. The minimum Gasteiger partial charge on any atom is -0.322 e. The maximum atomic E-state index is 12.5. The first-order valence-electron chi connectivity index (χ1n) is 8.53. The third-order valence-corrected chi connectivity index (χ3v) is 7.39. The molecule has 0 fully saturated rings. The van der Waals surface area contributed by atoms with Crippen LogP contribution in [0.1, 0.15) is 15.9 Å². The van der Waals surface area contributed by atoms with Crippen molar-refractivity contribution in [3.8, 4) is 0 Å². The lowest BCUT2D eigenvalue weighted by molar-refractivity contribution is 0.102. The first-order valence-corrected chi connectivity index (χ1v) is 11.5. The molecule has 29 heavy (non-hydrogen) atoms. The summed E-state index contributed by atoms with van der Waals surface area (Å²) in [6, 6.07) is 18.2. The van der Waals surface area contributed by atoms with Gasteiger partial charge in [0.05, 0.1) is 30.8 Å². The van der Waals surface area contributed by atoms with Crippen LogP contribution < -0.4 is 5.32 Å². The van der Waals surface area contributed by atoms with E-state index in [4.69, 9.17) is 34.8 Å². The van der Waals surface area contributed by atoms with Crippen molar-refractivity contribution in [2.75, 3.05) is 5.32 Å². The van der Waals surface area contributed by atoms with Crippen LogP contribution in [0.5, 0.6) is 0 Å². The molecule has 0 bridgehead atoms. The number of carbonyl (C=O) groups is 1. The van der Waals surface area contributed by atoms with Gasteiger partial charge in [-0.15, -0.1) is 11.3 Å². The lowest BCUT2D eigenvalue weighted by Gasteiger charge is -2.06. The second kappa shape index (κ2) is 8.94. The van der Waals surface area contributed by atoms with Crippen molar-refractivity contribution in [3.63, 3.8) is 0 Å². The Kier molecular flexibility index (Phi) is 6.32. The zero-order valence-electron chi connectivity index (χ0n) is 14.8. The van der Waals surface area contributed by atoms with Crippen LogP contribution in [0.2, 0.25) is 15.1 Å². The fourth-order valence-electron chi connectivity index (χ4n) is 2.66. The summed E-state index contributed by atoms with van der Waals surface area (Å²) in [5, 5.41) is 4.41. The van der Waals surface area contributed by atoms with Crippen molar-refractivity contribution in [1.82, 2.24) is 4.98 Å². The van der Waals surface area contributed by atoms with Crippen molar-refractivity contribution in [2.24, 2.45) is 0 Å². The maximum Gasteiger partial charge on any atom is 0.257 e. The minimum atomic E-state index is -0.242. The van der Waals surface area contributed by atoms with Crippen LogP contribution in [-0.2, 0) is 5.75 Å². The van der Waals surface area contributed by atoms with E-state index in [1.807, 2.05) is 30.3 Å². The van der Waals surface area contributed by atoms with Gasteiger partial charge in [0.2, 0.25) is 0 Å². The predicted octanol–water partition coefficient (Wildman–Crippen LogP) is 7.80. The van der Waals surface area contributed by atoms with Gasteiger partial charge in [-0.05, 0) is 48.0 Å².